The van der Waals surface area contributed by atoms with E-state index in [2.05, 4.69) is 4.90 Å². The van der Waals surface area contributed by atoms with Gasteiger partial charge in [0.25, 0.3) is 0 Å². The minimum absolute atomic E-state index is 0.0600. The van der Waals surface area contributed by atoms with Crippen molar-refractivity contribution in [3.8, 4) is 0 Å². The van der Waals surface area contributed by atoms with Crippen LogP contribution in [0.25, 0.3) is 0 Å². The Labute approximate surface area is 97.4 Å². The van der Waals surface area contributed by atoms with Gasteiger partial charge >= 0.3 is 0 Å². The second-order valence-corrected chi connectivity index (χ2v) is 4.67. The Morgan fingerprint density at radius 1 is 1.47 bits per heavy atom. The summed E-state index contributed by atoms with van der Waals surface area (Å²) in [5, 5.41) is 0. The van der Waals surface area contributed by atoms with Crippen LogP contribution in [-0.2, 0) is 4.79 Å². The summed E-state index contributed by atoms with van der Waals surface area (Å²) in [7, 11) is 1.86. The number of rotatable bonds is 5. The van der Waals surface area contributed by atoms with Gasteiger partial charge in [0, 0.05) is 31.9 Å². The molecule has 4 heteroatoms. The molecule has 0 spiro atoms. The van der Waals surface area contributed by atoms with E-state index in [1.807, 2.05) is 14.0 Å². The lowest BCUT2D eigenvalue weighted by Gasteiger charge is -2.23. The minimum Gasteiger partial charge on any atom is -0.344 e. The van der Waals surface area contributed by atoms with Crippen molar-refractivity contribution in [3.63, 3.8) is 0 Å². The maximum absolute atomic E-state index is 11.7. The molecule has 1 atom stereocenters. The highest BCUT2D eigenvalue weighted by molar-refractivity contribution is 6.19. The molecule has 0 saturated carbocycles. The van der Waals surface area contributed by atoms with Crippen LogP contribution in [0, 0.1) is 5.92 Å². The first-order valence-electron chi connectivity index (χ1n) is 5.68. The van der Waals surface area contributed by atoms with Crippen LogP contribution in [0.4, 0.5) is 0 Å². The summed E-state index contributed by atoms with van der Waals surface area (Å²) in [5.41, 5.74) is 0. The van der Waals surface area contributed by atoms with Crippen molar-refractivity contribution in [3.05, 3.63) is 0 Å². The number of halogens is 1. The Hall–Kier alpha value is -0.280. The van der Waals surface area contributed by atoms with E-state index in [9.17, 15) is 4.79 Å². The molecule has 3 nitrogen and oxygen atoms in total. The molecule has 1 aliphatic rings. The Bertz CT molecular complexity index is 205. The zero-order valence-electron chi connectivity index (χ0n) is 9.71. The third-order valence-corrected chi connectivity index (χ3v) is 3.44. The summed E-state index contributed by atoms with van der Waals surface area (Å²) >= 11 is 5.66. The maximum Gasteiger partial charge on any atom is 0.226 e. The van der Waals surface area contributed by atoms with Crippen molar-refractivity contribution in [2.45, 2.75) is 19.8 Å². The van der Waals surface area contributed by atoms with Gasteiger partial charge in [0.15, 0.2) is 0 Å². The van der Waals surface area contributed by atoms with Gasteiger partial charge in [-0.1, -0.05) is 6.92 Å². The second kappa shape index (κ2) is 6.33. The molecule has 15 heavy (non-hydrogen) atoms. The number of hydrogen-bond acceptors (Lipinski definition) is 2. The lowest BCUT2D eigenvalue weighted by Crippen LogP contribution is -2.38. The predicted octanol–water partition coefficient (Wildman–Crippen LogP) is 1.42. The van der Waals surface area contributed by atoms with Crippen molar-refractivity contribution in [2.24, 2.45) is 5.92 Å². The minimum atomic E-state index is -0.0600. The number of likely N-dealkylation sites (N-methyl/N-ethyl adjacent to an activating group) is 1. The molecule has 0 aromatic rings. The number of carbonyl (C=O) groups is 1. The molecule has 88 valence electrons. The first-order chi connectivity index (χ1) is 7.15. The Morgan fingerprint density at radius 3 is 2.60 bits per heavy atom. The molecule has 1 aliphatic heterocycles. The van der Waals surface area contributed by atoms with Crippen LogP contribution < -0.4 is 0 Å². The molecule has 0 aliphatic carbocycles. The third-order valence-electron chi connectivity index (χ3n) is 2.98. The van der Waals surface area contributed by atoms with Crippen LogP contribution in [0.3, 0.4) is 0 Å². The lowest BCUT2D eigenvalue weighted by molar-refractivity contribution is -0.133. The average Bonchev–Trinajstić information content (AvgIpc) is 2.76. The Balaban J connectivity index is 2.22. The number of likely N-dealkylation sites (tertiary alicyclic amines) is 1. The van der Waals surface area contributed by atoms with Gasteiger partial charge in [-0.05, 0) is 25.9 Å². The zero-order chi connectivity index (χ0) is 11.3. The summed E-state index contributed by atoms with van der Waals surface area (Å²) in [6.45, 7) is 6.07. The average molecular weight is 233 g/mol. The molecule has 1 unspecified atom stereocenters. The van der Waals surface area contributed by atoms with E-state index in [0.29, 0.717) is 5.88 Å². The van der Waals surface area contributed by atoms with E-state index in [0.717, 1.165) is 13.1 Å². The fourth-order valence-corrected chi connectivity index (χ4v) is 1.98. The number of alkyl halides is 1. The molecule has 1 heterocycles. The fourth-order valence-electron chi connectivity index (χ4n) is 1.85. The van der Waals surface area contributed by atoms with Crippen LogP contribution in [-0.4, -0.2) is 54.8 Å². The van der Waals surface area contributed by atoms with E-state index in [-0.39, 0.29) is 11.8 Å². The number of nitrogens with zero attached hydrogens (tertiary/aromatic N) is 2. The van der Waals surface area contributed by atoms with E-state index >= 15 is 0 Å². The van der Waals surface area contributed by atoms with Crippen LogP contribution in [0.2, 0.25) is 0 Å². The fraction of sp³-hybridized carbons (Fsp3) is 0.909. The monoisotopic (exact) mass is 232 g/mol. The van der Waals surface area contributed by atoms with Gasteiger partial charge in [-0.2, -0.15) is 0 Å². The number of carbonyl (C=O) groups excluding carboxylic acids is 1. The summed E-state index contributed by atoms with van der Waals surface area (Å²) in [5.74, 6) is 0.506. The molecule has 1 amide bonds. The molecule has 0 N–H and O–H groups in total. The second-order valence-electron chi connectivity index (χ2n) is 4.36. The molecular weight excluding hydrogens is 212 g/mol. The van der Waals surface area contributed by atoms with Crippen molar-refractivity contribution < 1.29 is 4.79 Å². The first-order valence-corrected chi connectivity index (χ1v) is 6.22. The summed E-state index contributed by atoms with van der Waals surface area (Å²) in [6.07, 6.45) is 2.60. The van der Waals surface area contributed by atoms with Crippen molar-refractivity contribution in [1.29, 1.82) is 0 Å². The van der Waals surface area contributed by atoms with Crippen molar-refractivity contribution in [1.82, 2.24) is 9.80 Å². The molecule has 0 radical (unpaired) electrons. The third kappa shape index (κ3) is 3.99. The van der Waals surface area contributed by atoms with Gasteiger partial charge in [0.1, 0.15) is 0 Å². The van der Waals surface area contributed by atoms with Gasteiger partial charge in [0.2, 0.25) is 5.91 Å². The summed E-state index contributed by atoms with van der Waals surface area (Å²) in [4.78, 5) is 15.9. The quantitative estimate of drug-likeness (QED) is 0.670. The van der Waals surface area contributed by atoms with Crippen LogP contribution in [0.5, 0.6) is 0 Å². The first kappa shape index (κ1) is 12.8. The largest absolute Gasteiger partial charge is 0.344 e. The molecule has 0 bridgehead atoms. The highest BCUT2D eigenvalue weighted by Crippen LogP contribution is 2.08. The summed E-state index contributed by atoms with van der Waals surface area (Å²) < 4.78 is 0. The Morgan fingerprint density at radius 2 is 2.07 bits per heavy atom. The highest BCUT2D eigenvalue weighted by Gasteiger charge is 2.18. The van der Waals surface area contributed by atoms with Crippen LogP contribution in [0.15, 0.2) is 0 Å². The van der Waals surface area contributed by atoms with E-state index < -0.39 is 0 Å². The number of amides is 1. The maximum atomic E-state index is 11.7. The molecular formula is C11H21ClN2O. The van der Waals surface area contributed by atoms with Gasteiger partial charge in [0.05, 0.1) is 0 Å². The molecule has 1 rings (SSSR count). The van der Waals surface area contributed by atoms with Crippen molar-refractivity contribution >= 4 is 17.5 Å². The van der Waals surface area contributed by atoms with Gasteiger partial charge in [-0.25, -0.2) is 0 Å². The molecule has 1 saturated heterocycles. The van der Waals surface area contributed by atoms with E-state index in [1.54, 1.807) is 4.90 Å². The number of hydrogen-bond donors (Lipinski definition) is 0. The van der Waals surface area contributed by atoms with Crippen LogP contribution in [0.1, 0.15) is 19.8 Å². The zero-order valence-corrected chi connectivity index (χ0v) is 10.5. The predicted molar refractivity (Wildman–Crippen MR) is 63.2 cm³/mol. The normalized spacial score (nSPS) is 19.1. The Kier molecular flexibility index (Phi) is 5.40. The lowest BCUT2D eigenvalue weighted by atomic mass is 10.2. The standard InChI is InChI=1S/C11H21ClN2O/c1-10(9-12)11(15)13(2)7-8-14-5-3-4-6-14/h10H,3-9H2,1-2H3. The van der Waals surface area contributed by atoms with Crippen molar-refractivity contribution in [2.75, 3.05) is 39.1 Å². The molecule has 0 aromatic heterocycles. The molecule has 1 fully saturated rings. The SMILES string of the molecule is CC(CCl)C(=O)N(C)CCN1CCCC1. The van der Waals surface area contributed by atoms with Gasteiger partial charge in [-0.15, -0.1) is 11.6 Å². The van der Waals surface area contributed by atoms with Gasteiger partial charge < -0.3 is 9.80 Å². The van der Waals surface area contributed by atoms with Crippen LogP contribution >= 0.6 is 11.6 Å². The highest BCUT2D eigenvalue weighted by atomic mass is 35.5. The van der Waals surface area contributed by atoms with E-state index in [4.69, 9.17) is 11.6 Å². The topological polar surface area (TPSA) is 23.6 Å². The molecule has 0 aromatic carbocycles. The smallest absolute Gasteiger partial charge is 0.226 e. The van der Waals surface area contributed by atoms with Gasteiger partial charge in [-0.3, -0.25) is 4.79 Å². The van der Waals surface area contributed by atoms with E-state index in [1.165, 1.54) is 25.9 Å². The summed E-state index contributed by atoms with van der Waals surface area (Å²) in [6, 6.07) is 0.